The number of carbonyl (C=O) groups excluding carboxylic acids is 1. The average molecular weight is 696 g/mol. The fourth-order valence-corrected chi connectivity index (χ4v) is 4.31. The van der Waals surface area contributed by atoms with Gasteiger partial charge in [-0.2, -0.15) is 0 Å². The van der Waals surface area contributed by atoms with E-state index in [4.69, 9.17) is 9.47 Å². The van der Waals surface area contributed by atoms with Crippen LogP contribution in [0.2, 0.25) is 0 Å². The van der Waals surface area contributed by atoms with Gasteiger partial charge in [0.15, 0.2) is 0 Å². The van der Waals surface area contributed by atoms with Gasteiger partial charge in [-0.1, -0.05) is 0 Å². The topological polar surface area (TPSA) is 84.9 Å². The summed E-state index contributed by atoms with van der Waals surface area (Å²) in [6.45, 7) is 3.40. The van der Waals surface area contributed by atoms with Crippen LogP contribution in [0.3, 0.4) is 0 Å². The molecule has 7 nitrogen and oxygen atoms in total. The van der Waals surface area contributed by atoms with Gasteiger partial charge in [-0.05, 0) is 0 Å². The summed E-state index contributed by atoms with van der Waals surface area (Å²) in [5, 5.41) is 0. The molecular formula is C23H24N2O5STe2. The zero-order valence-corrected chi connectivity index (χ0v) is 24.2. The Bertz CT molecular complexity index is 1230. The molecule has 174 valence electrons. The van der Waals surface area contributed by atoms with Crippen LogP contribution in [0, 0.1) is 6.92 Å². The summed E-state index contributed by atoms with van der Waals surface area (Å²) in [6, 6.07) is 21.2. The molecule has 1 amide bonds. The van der Waals surface area contributed by atoms with Crippen LogP contribution in [-0.2, 0) is 14.8 Å². The summed E-state index contributed by atoms with van der Waals surface area (Å²) < 4.78 is 38.2. The molecule has 3 rings (SSSR count). The summed E-state index contributed by atoms with van der Waals surface area (Å²) in [5.41, 5.74) is 1.81. The molecule has 0 aromatic heterocycles. The molecule has 1 N–H and O–H groups in total. The molecule has 0 atom stereocenters. The van der Waals surface area contributed by atoms with Gasteiger partial charge in [0.05, 0.1) is 0 Å². The predicted octanol–water partition coefficient (Wildman–Crippen LogP) is 2.93. The number of hydrogen-bond acceptors (Lipinski definition) is 5. The van der Waals surface area contributed by atoms with Crippen LogP contribution in [0.15, 0.2) is 72.8 Å². The number of sulfonamides is 1. The van der Waals surface area contributed by atoms with Crippen LogP contribution in [0.1, 0.15) is 12.5 Å². The summed E-state index contributed by atoms with van der Waals surface area (Å²) >= 11 is 1.59. The van der Waals surface area contributed by atoms with E-state index >= 15 is 0 Å². The molecule has 0 radical (unpaired) electrons. The number of rotatable bonds is 8. The Labute approximate surface area is 223 Å². The zero-order chi connectivity index (χ0) is 23.3. The van der Waals surface area contributed by atoms with Crippen molar-refractivity contribution in [2.75, 3.05) is 15.9 Å². The van der Waals surface area contributed by atoms with Crippen LogP contribution < -0.4 is 19.1 Å². The normalized spacial score (nSPS) is 10.5. The molecule has 0 aliphatic rings. The van der Waals surface area contributed by atoms with Crippen LogP contribution in [0.25, 0.3) is 0 Å². The quantitative estimate of drug-likeness (QED) is 0.367. The third kappa shape index (κ3) is 8.03. The van der Waals surface area contributed by atoms with Crippen molar-refractivity contribution >= 4 is 76.7 Å². The first-order chi connectivity index (χ1) is 15.1. The number of hydrogen-bond donors (Lipinski definition) is 1. The SMILES string of the molecule is CC(=O)N(C(=[Te])Oc1ccc(C)cc1)c1ccc(NS(C)(=O)=O)c(Oc2ccccc2)c1.[TeH2]. The van der Waals surface area contributed by atoms with Crippen LogP contribution >= 0.6 is 0 Å². The van der Waals surface area contributed by atoms with Gasteiger partial charge in [0, 0.05) is 0 Å². The first-order valence-corrected chi connectivity index (χ1v) is 12.6. The Morgan fingerprint density at radius 3 is 2.18 bits per heavy atom. The van der Waals surface area contributed by atoms with E-state index in [0.29, 0.717) is 21.0 Å². The van der Waals surface area contributed by atoms with Gasteiger partial charge < -0.3 is 0 Å². The first kappa shape index (κ1) is 27.2. The number of aryl methyl sites for hydroxylation is 1. The molecule has 0 saturated heterocycles. The molecule has 33 heavy (non-hydrogen) atoms. The second kappa shape index (κ2) is 11.9. The van der Waals surface area contributed by atoms with Crippen LogP contribution in [0.4, 0.5) is 11.4 Å². The van der Waals surface area contributed by atoms with Crippen molar-refractivity contribution in [3.63, 3.8) is 0 Å². The van der Waals surface area contributed by atoms with E-state index in [1.165, 1.54) is 11.8 Å². The van der Waals surface area contributed by atoms with E-state index < -0.39 is 10.0 Å². The van der Waals surface area contributed by atoms with Crippen LogP contribution in [-0.4, -0.2) is 69.9 Å². The Morgan fingerprint density at radius 2 is 1.61 bits per heavy atom. The van der Waals surface area contributed by atoms with Gasteiger partial charge in [0.1, 0.15) is 0 Å². The van der Waals surface area contributed by atoms with Crippen molar-refractivity contribution < 1.29 is 22.7 Å². The number of amides is 1. The molecule has 0 unspecified atom stereocenters. The van der Waals surface area contributed by atoms with Gasteiger partial charge in [0.25, 0.3) is 0 Å². The third-order valence-corrected chi connectivity index (χ3v) is 5.56. The number of nitrogens with one attached hydrogen (secondary N) is 1. The number of nitrogens with zero attached hydrogens (tertiary/aromatic N) is 1. The third-order valence-electron chi connectivity index (χ3n) is 4.21. The molecule has 10 heteroatoms. The van der Waals surface area contributed by atoms with Gasteiger partial charge in [-0.3, -0.25) is 0 Å². The number of anilines is 2. The van der Waals surface area contributed by atoms with E-state index in [2.05, 4.69) is 4.72 Å². The maximum absolute atomic E-state index is 12.5. The molecular weight excluding hydrogens is 672 g/mol. The summed E-state index contributed by atoms with van der Waals surface area (Å²) in [4.78, 5) is 13.9. The number of ether oxygens (including phenoxy) is 2. The van der Waals surface area contributed by atoms with Crippen LogP contribution in [0.5, 0.6) is 17.2 Å². The molecule has 3 aromatic rings. The minimum atomic E-state index is -3.54. The molecule has 0 fully saturated rings. The van der Waals surface area contributed by atoms with Crippen molar-refractivity contribution in [3.8, 4) is 17.2 Å². The van der Waals surface area contributed by atoms with E-state index in [1.54, 1.807) is 64.3 Å². The standard InChI is InChI=1S/C23H22N2O5STe.H2Te/c1-16-9-12-20(13-10-16)30-23(32)25(17(2)26)18-11-14-21(24-31(3,27)28)22(15-18)29-19-7-5-4-6-8-19;/h4-15,24H,1-3H3;1H2. The monoisotopic (exact) mass is 700 g/mol. The molecule has 0 saturated carbocycles. The predicted molar refractivity (Wildman–Crippen MR) is 136 cm³/mol. The van der Waals surface area contributed by atoms with E-state index in [1.807, 2.05) is 37.3 Å². The van der Waals surface area contributed by atoms with Gasteiger partial charge in [-0.15, -0.1) is 0 Å². The molecule has 0 spiro atoms. The van der Waals surface area contributed by atoms with Crippen molar-refractivity contribution in [1.82, 2.24) is 0 Å². The van der Waals surface area contributed by atoms with Crippen molar-refractivity contribution in [3.05, 3.63) is 78.4 Å². The first-order valence-electron chi connectivity index (χ1n) is 9.56. The Balaban J connectivity index is 0.00000385. The van der Waals surface area contributed by atoms with E-state index in [9.17, 15) is 13.2 Å². The van der Waals surface area contributed by atoms with Gasteiger partial charge in [-0.25, -0.2) is 0 Å². The molecule has 0 aliphatic carbocycles. The maximum atomic E-state index is 12.5. The minimum absolute atomic E-state index is 0. The van der Waals surface area contributed by atoms with E-state index in [-0.39, 0.29) is 41.0 Å². The second-order valence-corrected chi connectivity index (χ2v) is 9.75. The molecule has 0 aliphatic heterocycles. The molecule has 3 aromatic carbocycles. The Morgan fingerprint density at radius 1 is 0.970 bits per heavy atom. The van der Waals surface area contributed by atoms with Crippen molar-refractivity contribution in [2.45, 2.75) is 13.8 Å². The van der Waals surface area contributed by atoms with Gasteiger partial charge >= 0.3 is 225 Å². The number of carbonyl (C=O) groups is 1. The summed E-state index contributed by atoms with van der Waals surface area (Å²) in [6.07, 6.45) is 1.06. The fourth-order valence-electron chi connectivity index (χ4n) is 2.80. The number of para-hydroxylation sites is 1. The number of benzene rings is 3. The molecule has 0 heterocycles. The molecule has 0 bridgehead atoms. The zero-order valence-electron chi connectivity index (χ0n) is 18.2. The Kier molecular flexibility index (Phi) is 9.78. The summed E-state index contributed by atoms with van der Waals surface area (Å²) in [7, 11) is -3.54. The van der Waals surface area contributed by atoms with Gasteiger partial charge in [0.2, 0.25) is 0 Å². The Hall–Kier alpha value is -2.07. The summed E-state index contributed by atoms with van der Waals surface area (Å²) in [5.74, 6) is 1.09. The average Bonchev–Trinajstić information content (AvgIpc) is 2.71. The van der Waals surface area contributed by atoms with Crippen molar-refractivity contribution in [2.24, 2.45) is 0 Å². The fraction of sp³-hybridized carbons (Fsp3) is 0.130. The van der Waals surface area contributed by atoms with Crippen molar-refractivity contribution in [1.29, 1.82) is 0 Å². The second-order valence-electron chi connectivity index (χ2n) is 7.01. The van der Waals surface area contributed by atoms with E-state index in [0.717, 1.165) is 11.8 Å².